The fourth-order valence-corrected chi connectivity index (χ4v) is 1.70. The van der Waals surface area contributed by atoms with Crippen LogP contribution in [0.2, 0.25) is 0 Å². The molecule has 1 atom stereocenters. The lowest BCUT2D eigenvalue weighted by Gasteiger charge is -2.28. The summed E-state index contributed by atoms with van der Waals surface area (Å²) in [6, 6.07) is 1.90. The molecule has 1 aromatic heterocycles. The highest BCUT2D eigenvalue weighted by molar-refractivity contribution is 5.36. The van der Waals surface area contributed by atoms with Gasteiger partial charge in [0.05, 0.1) is 25.9 Å². The predicted octanol–water partition coefficient (Wildman–Crippen LogP) is 0.637. The maximum atomic E-state index is 5.59. The normalized spacial score (nSPS) is 20.8. The second kappa shape index (κ2) is 5.23. The summed E-state index contributed by atoms with van der Waals surface area (Å²) in [7, 11) is 2.00. The molecule has 1 aliphatic heterocycles. The standard InChI is InChI=1S/C11H17N3O2/c1-9-12-4-3-11(13-9)14(2)7-10-8-15-5-6-16-10/h3-4,10H,5-8H2,1-2H3. The molecule has 1 unspecified atom stereocenters. The number of anilines is 1. The van der Waals surface area contributed by atoms with Crippen molar-refractivity contribution in [1.82, 2.24) is 9.97 Å². The second-order valence-electron chi connectivity index (χ2n) is 3.91. The van der Waals surface area contributed by atoms with Crippen molar-refractivity contribution >= 4 is 5.82 Å². The van der Waals surface area contributed by atoms with Crippen LogP contribution in [0.4, 0.5) is 5.82 Å². The number of hydrogen-bond donors (Lipinski definition) is 0. The van der Waals surface area contributed by atoms with E-state index < -0.39 is 0 Å². The van der Waals surface area contributed by atoms with E-state index in [1.54, 1.807) is 6.20 Å². The molecule has 5 heteroatoms. The van der Waals surface area contributed by atoms with E-state index in [1.807, 2.05) is 20.0 Å². The molecule has 0 aromatic carbocycles. The summed E-state index contributed by atoms with van der Waals surface area (Å²) in [5, 5.41) is 0. The first-order chi connectivity index (χ1) is 7.75. The van der Waals surface area contributed by atoms with Gasteiger partial charge in [0.25, 0.3) is 0 Å². The van der Waals surface area contributed by atoms with Gasteiger partial charge in [-0.3, -0.25) is 0 Å². The zero-order chi connectivity index (χ0) is 11.4. The molecule has 88 valence electrons. The van der Waals surface area contributed by atoms with Crippen LogP contribution in [0.15, 0.2) is 12.3 Å². The molecular weight excluding hydrogens is 206 g/mol. The van der Waals surface area contributed by atoms with Gasteiger partial charge in [-0.05, 0) is 13.0 Å². The van der Waals surface area contributed by atoms with Crippen molar-refractivity contribution < 1.29 is 9.47 Å². The Morgan fingerprint density at radius 1 is 1.50 bits per heavy atom. The summed E-state index contributed by atoms with van der Waals surface area (Å²) in [4.78, 5) is 10.5. The topological polar surface area (TPSA) is 47.5 Å². The molecule has 16 heavy (non-hydrogen) atoms. The number of nitrogens with zero attached hydrogens (tertiary/aromatic N) is 3. The highest BCUT2D eigenvalue weighted by Gasteiger charge is 2.17. The molecule has 0 spiro atoms. The van der Waals surface area contributed by atoms with Crippen molar-refractivity contribution in [3.05, 3.63) is 18.1 Å². The van der Waals surface area contributed by atoms with Crippen LogP contribution in [-0.2, 0) is 9.47 Å². The Morgan fingerprint density at radius 2 is 2.38 bits per heavy atom. The van der Waals surface area contributed by atoms with Gasteiger partial charge < -0.3 is 14.4 Å². The second-order valence-corrected chi connectivity index (χ2v) is 3.91. The first-order valence-electron chi connectivity index (χ1n) is 5.46. The maximum absolute atomic E-state index is 5.59. The highest BCUT2D eigenvalue weighted by Crippen LogP contribution is 2.10. The summed E-state index contributed by atoms with van der Waals surface area (Å²) in [5.41, 5.74) is 0. The van der Waals surface area contributed by atoms with Crippen LogP contribution in [0.1, 0.15) is 5.82 Å². The zero-order valence-corrected chi connectivity index (χ0v) is 9.72. The molecule has 2 rings (SSSR count). The van der Waals surface area contributed by atoms with E-state index in [9.17, 15) is 0 Å². The Bertz CT molecular complexity index is 340. The lowest BCUT2D eigenvalue weighted by atomic mass is 10.3. The fraction of sp³-hybridized carbons (Fsp3) is 0.636. The number of rotatable bonds is 3. The van der Waals surface area contributed by atoms with Crippen LogP contribution >= 0.6 is 0 Å². The number of aryl methyl sites for hydroxylation is 1. The van der Waals surface area contributed by atoms with Gasteiger partial charge in [0.1, 0.15) is 11.6 Å². The van der Waals surface area contributed by atoms with E-state index in [0.717, 1.165) is 18.2 Å². The van der Waals surface area contributed by atoms with E-state index in [4.69, 9.17) is 9.47 Å². The third-order valence-corrected chi connectivity index (χ3v) is 2.51. The van der Waals surface area contributed by atoms with Crippen molar-refractivity contribution in [2.75, 3.05) is 38.3 Å². The Hall–Kier alpha value is -1.20. The van der Waals surface area contributed by atoms with Crippen molar-refractivity contribution in [2.24, 2.45) is 0 Å². The third-order valence-electron chi connectivity index (χ3n) is 2.51. The summed E-state index contributed by atoms with van der Waals surface area (Å²) >= 11 is 0. The first-order valence-corrected chi connectivity index (χ1v) is 5.46. The summed E-state index contributed by atoms with van der Waals surface area (Å²) in [6.45, 7) is 4.72. The summed E-state index contributed by atoms with van der Waals surface area (Å²) < 4.78 is 10.9. The van der Waals surface area contributed by atoms with E-state index in [0.29, 0.717) is 19.8 Å². The molecule has 0 aliphatic carbocycles. The van der Waals surface area contributed by atoms with Gasteiger partial charge in [-0.25, -0.2) is 9.97 Å². The van der Waals surface area contributed by atoms with Crippen LogP contribution in [0.5, 0.6) is 0 Å². The molecule has 1 aliphatic rings. The summed E-state index contributed by atoms with van der Waals surface area (Å²) in [5.74, 6) is 1.70. The Labute approximate surface area is 95.4 Å². The van der Waals surface area contributed by atoms with Gasteiger partial charge in [0.2, 0.25) is 0 Å². The fourth-order valence-electron chi connectivity index (χ4n) is 1.70. The van der Waals surface area contributed by atoms with Crippen LogP contribution < -0.4 is 4.90 Å². The van der Waals surface area contributed by atoms with E-state index in [1.165, 1.54) is 0 Å². The maximum Gasteiger partial charge on any atom is 0.132 e. The van der Waals surface area contributed by atoms with Gasteiger partial charge in [0.15, 0.2) is 0 Å². The van der Waals surface area contributed by atoms with E-state index >= 15 is 0 Å². The number of aromatic nitrogens is 2. The Morgan fingerprint density at radius 3 is 3.06 bits per heavy atom. The molecule has 0 N–H and O–H groups in total. The molecular formula is C11H17N3O2. The van der Waals surface area contributed by atoms with Crippen molar-refractivity contribution in [3.8, 4) is 0 Å². The molecule has 2 heterocycles. The molecule has 1 aromatic rings. The lowest BCUT2D eigenvalue weighted by molar-refractivity contribution is -0.0837. The van der Waals surface area contributed by atoms with Gasteiger partial charge in [-0.15, -0.1) is 0 Å². The molecule has 1 saturated heterocycles. The van der Waals surface area contributed by atoms with E-state index in [-0.39, 0.29) is 6.10 Å². The smallest absolute Gasteiger partial charge is 0.132 e. The zero-order valence-electron chi connectivity index (χ0n) is 9.72. The third kappa shape index (κ3) is 2.90. The molecule has 0 radical (unpaired) electrons. The molecule has 0 saturated carbocycles. The molecule has 5 nitrogen and oxygen atoms in total. The molecule has 0 amide bonds. The van der Waals surface area contributed by atoms with Crippen LogP contribution in [0.3, 0.4) is 0 Å². The minimum atomic E-state index is 0.133. The number of likely N-dealkylation sites (N-methyl/N-ethyl adjacent to an activating group) is 1. The number of hydrogen-bond acceptors (Lipinski definition) is 5. The van der Waals surface area contributed by atoms with Crippen LogP contribution in [-0.4, -0.2) is 49.5 Å². The molecule has 0 bridgehead atoms. The van der Waals surface area contributed by atoms with Crippen molar-refractivity contribution in [1.29, 1.82) is 0 Å². The monoisotopic (exact) mass is 223 g/mol. The van der Waals surface area contributed by atoms with Gasteiger partial charge in [-0.1, -0.05) is 0 Å². The van der Waals surface area contributed by atoms with Gasteiger partial charge >= 0.3 is 0 Å². The quantitative estimate of drug-likeness (QED) is 0.752. The molecule has 1 fully saturated rings. The average molecular weight is 223 g/mol. The van der Waals surface area contributed by atoms with Gasteiger partial charge in [-0.2, -0.15) is 0 Å². The lowest BCUT2D eigenvalue weighted by Crippen LogP contribution is -2.38. The minimum Gasteiger partial charge on any atom is -0.376 e. The minimum absolute atomic E-state index is 0.133. The Kier molecular flexibility index (Phi) is 3.69. The largest absolute Gasteiger partial charge is 0.376 e. The predicted molar refractivity (Wildman–Crippen MR) is 60.6 cm³/mol. The van der Waals surface area contributed by atoms with E-state index in [2.05, 4.69) is 14.9 Å². The van der Waals surface area contributed by atoms with Crippen molar-refractivity contribution in [2.45, 2.75) is 13.0 Å². The van der Waals surface area contributed by atoms with Crippen LogP contribution in [0, 0.1) is 6.92 Å². The average Bonchev–Trinajstić information content (AvgIpc) is 2.30. The summed E-state index contributed by atoms with van der Waals surface area (Å²) in [6.07, 6.45) is 1.90. The van der Waals surface area contributed by atoms with Gasteiger partial charge in [0, 0.05) is 19.8 Å². The highest BCUT2D eigenvalue weighted by atomic mass is 16.6. The Balaban J connectivity index is 1.94. The number of ether oxygens (including phenoxy) is 2. The SMILES string of the molecule is Cc1nccc(N(C)CC2COCCO2)n1. The first kappa shape index (κ1) is 11.3. The van der Waals surface area contributed by atoms with Crippen molar-refractivity contribution in [3.63, 3.8) is 0 Å². The van der Waals surface area contributed by atoms with Crippen LogP contribution in [0.25, 0.3) is 0 Å².